The molecule has 0 saturated heterocycles. The van der Waals surface area contributed by atoms with Crippen molar-refractivity contribution in [2.75, 3.05) is 13.2 Å². The number of hydrogen-bond acceptors (Lipinski definition) is 4. The van der Waals surface area contributed by atoms with Crippen LogP contribution in [0.1, 0.15) is 219 Å². The topological polar surface area (TPSA) is 52.6 Å². The smallest absolute Gasteiger partial charge is 0.159 e. The van der Waals surface area contributed by atoms with Gasteiger partial charge in [-0.25, -0.2) is 0 Å². The van der Waals surface area contributed by atoms with Crippen molar-refractivity contribution in [3.05, 3.63) is 0 Å². The normalized spacial score (nSPS) is 34.8. The summed E-state index contributed by atoms with van der Waals surface area (Å²) in [6.45, 7) is 6.46. The van der Waals surface area contributed by atoms with Gasteiger partial charge in [-0.3, -0.25) is 9.59 Å². The van der Waals surface area contributed by atoms with Gasteiger partial charge < -0.3 is 9.47 Å². The van der Waals surface area contributed by atoms with Crippen LogP contribution in [-0.4, -0.2) is 37.0 Å². The third kappa shape index (κ3) is 10.7. The molecule has 2 spiro atoms. The van der Waals surface area contributed by atoms with Crippen LogP contribution in [0.15, 0.2) is 0 Å². The minimum atomic E-state index is -0.593. The summed E-state index contributed by atoms with van der Waals surface area (Å²) in [7, 11) is 0. The number of ketones is 2. The van der Waals surface area contributed by atoms with Gasteiger partial charge in [0.05, 0.1) is 23.0 Å². The Morgan fingerprint density at radius 3 is 1.00 bits per heavy atom. The van der Waals surface area contributed by atoms with Crippen LogP contribution >= 0.6 is 0 Å². The summed E-state index contributed by atoms with van der Waals surface area (Å²) in [6, 6.07) is 0. The third-order valence-electron chi connectivity index (χ3n) is 15.0. The quantitative estimate of drug-likeness (QED) is 0.0835. The highest BCUT2D eigenvalue weighted by molar-refractivity contribution is 6.30. The van der Waals surface area contributed by atoms with Crippen molar-refractivity contribution in [3.8, 4) is 0 Å². The number of rotatable bonds is 22. The molecule has 5 aliphatic rings. The summed E-state index contributed by atoms with van der Waals surface area (Å²) in [6.07, 6.45) is 40.3. The van der Waals surface area contributed by atoms with E-state index in [0.29, 0.717) is 35.6 Å². The van der Waals surface area contributed by atoms with Gasteiger partial charge in [-0.15, -0.1) is 0 Å². The van der Waals surface area contributed by atoms with E-state index in [1.807, 2.05) is 0 Å². The number of ether oxygens (including phenoxy) is 2. The molecule has 0 atom stereocenters. The maximum atomic E-state index is 14.0. The first-order chi connectivity index (χ1) is 24.5. The first-order valence-electron chi connectivity index (χ1n) is 22.9. The summed E-state index contributed by atoms with van der Waals surface area (Å²) in [5, 5.41) is 0. The highest BCUT2D eigenvalue weighted by Gasteiger charge is 2.71. The van der Waals surface area contributed by atoms with Crippen molar-refractivity contribution < 1.29 is 19.1 Å². The molecule has 5 saturated carbocycles. The molecule has 0 radical (unpaired) electrons. The molecule has 5 aliphatic carbocycles. The van der Waals surface area contributed by atoms with Gasteiger partial charge in [0.15, 0.2) is 11.6 Å². The predicted molar refractivity (Wildman–Crippen MR) is 207 cm³/mol. The predicted octanol–water partition coefficient (Wildman–Crippen LogP) is 12.9. The largest absolute Gasteiger partial charge is 0.378 e. The molecular weight excluding hydrogens is 617 g/mol. The summed E-state index contributed by atoms with van der Waals surface area (Å²) in [5.41, 5.74) is -1.19. The molecule has 0 aromatic rings. The molecule has 4 heteroatoms. The lowest BCUT2D eigenvalue weighted by molar-refractivity contribution is -0.179. The molecule has 0 amide bonds. The molecule has 0 heterocycles. The van der Waals surface area contributed by atoms with Crippen LogP contribution in [0.4, 0.5) is 0 Å². The molecule has 0 bridgehead atoms. The van der Waals surface area contributed by atoms with Crippen LogP contribution in [0, 0.1) is 34.5 Å². The SMILES string of the molecule is CCCCCCCCCCO[C@H]1CC[C@H](C2CCC3(CC2)C(=O)C2(CCC([C@H]4CC[C@H](OCCCCCCCCCC)CC4)CC2)C3=O)CC1. The van der Waals surface area contributed by atoms with Crippen molar-refractivity contribution in [3.63, 3.8) is 0 Å². The standard InChI is InChI=1S/C46H80O4/c1-3-5-7-9-11-13-15-17-35-49-41-23-19-37(20-24-41)39-27-31-45(32-28-39)43(47)46(44(45)48)33-29-40(30-34-46)38-21-25-42(26-22-38)50-36-18-16-14-12-10-8-6-4-2/h37-42H,3-36H2,1-2H3/t37-,38-,39?,40?,41-,42-,45?,46?. The molecule has 5 rings (SSSR count). The Kier molecular flexibility index (Phi) is 17.2. The van der Waals surface area contributed by atoms with E-state index < -0.39 is 10.8 Å². The van der Waals surface area contributed by atoms with Gasteiger partial charge in [0, 0.05) is 13.2 Å². The zero-order valence-corrected chi connectivity index (χ0v) is 33.1. The van der Waals surface area contributed by atoms with Crippen molar-refractivity contribution >= 4 is 11.6 Å². The molecule has 0 aromatic heterocycles. The van der Waals surface area contributed by atoms with Gasteiger partial charge >= 0.3 is 0 Å². The molecule has 0 aromatic carbocycles. The average molecular weight is 697 g/mol. The number of hydrogen-bond donors (Lipinski definition) is 0. The number of Topliss-reactive ketones (excluding diaryl/α,β-unsaturated/α-hetero) is 2. The van der Waals surface area contributed by atoms with E-state index in [4.69, 9.17) is 9.47 Å². The first-order valence-corrected chi connectivity index (χ1v) is 22.9. The van der Waals surface area contributed by atoms with Crippen LogP contribution in [0.5, 0.6) is 0 Å². The molecule has 5 fully saturated rings. The monoisotopic (exact) mass is 697 g/mol. The maximum Gasteiger partial charge on any atom is 0.159 e. The van der Waals surface area contributed by atoms with E-state index in [-0.39, 0.29) is 0 Å². The van der Waals surface area contributed by atoms with Gasteiger partial charge in [-0.1, -0.05) is 104 Å². The van der Waals surface area contributed by atoms with Gasteiger partial charge in [0.1, 0.15) is 0 Å². The minimum Gasteiger partial charge on any atom is -0.378 e. The second kappa shape index (κ2) is 21.2. The molecule has 0 unspecified atom stereocenters. The van der Waals surface area contributed by atoms with Gasteiger partial charge in [-0.05, 0) is 139 Å². The zero-order chi connectivity index (χ0) is 35.1. The molecular formula is C46H80O4. The first kappa shape index (κ1) is 40.4. The van der Waals surface area contributed by atoms with Gasteiger partial charge in [0.25, 0.3) is 0 Å². The van der Waals surface area contributed by atoms with E-state index >= 15 is 0 Å². The second-order valence-electron chi connectivity index (χ2n) is 18.3. The summed E-state index contributed by atoms with van der Waals surface area (Å²) in [4.78, 5) is 27.9. The summed E-state index contributed by atoms with van der Waals surface area (Å²) >= 11 is 0. The van der Waals surface area contributed by atoms with Crippen molar-refractivity contribution in [1.82, 2.24) is 0 Å². The van der Waals surface area contributed by atoms with Gasteiger partial charge in [0.2, 0.25) is 0 Å². The van der Waals surface area contributed by atoms with E-state index in [0.717, 1.165) is 76.4 Å². The lowest BCUT2D eigenvalue weighted by Gasteiger charge is -2.58. The number of carbonyl (C=O) groups excluding carboxylic acids is 2. The third-order valence-corrected chi connectivity index (χ3v) is 15.0. The summed E-state index contributed by atoms with van der Waals surface area (Å²) < 4.78 is 12.6. The average Bonchev–Trinajstić information content (AvgIpc) is 3.17. The fraction of sp³-hybridized carbons (Fsp3) is 0.957. The van der Waals surface area contributed by atoms with Crippen LogP contribution in [0.3, 0.4) is 0 Å². The Bertz CT molecular complexity index is 863. The highest BCUT2D eigenvalue weighted by atomic mass is 16.5. The highest BCUT2D eigenvalue weighted by Crippen LogP contribution is 2.62. The minimum absolute atomic E-state index is 0.378. The number of carbonyl (C=O) groups is 2. The fourth-order valence-electron chi connectivity index (χ4n) is 11.6. The van der Waals surface area contributed by atoms with E-state index in [9.17, 15) is 9.59 Å². The molecule has 50 heavy (non-hydrogen) atoms. The lowest BCUT2D eigenvalue weighted by atomic mass is 9.41. The maximum absolute atomic E-state index is 14.0. The van der Waals surface area contributed by atoms with E-state index in [2.05, 4.69) is 13.8 Å². The summed E-state index contributed by atoms with van der Waals surface area (Å²) in [5.74, 6) is 3.72. The fourth-order valence-corrected chi connectivity index (χ4v) is 11.6. The van der Waals surface area contributed by atoms with Crippen LogP contribution < -0.4 is 0 Å². The van der Waals surface area contributed by atoms with Crippen LogP contribution in [-0.2, 0) is 19.1 Å². The molecule has 0 aliphatic heterocycles. The van der Waals surface area contributed by atoms with Crippen LogP contribution in [0.2, 0.25) is 0 Å². The Morgan fingerprint density at radius 2 is 0.680 bits per heavy atom. The van der Waals surface area contributed by atoms with Gasteiger partial charge in [-0.2, -0.15) is 0 Å². The van der Waals surface area contributed by atoms with E-state index in [1.54, 1.807) is 0 Å². The molecule has 0 N–H and O–H groups in total. The Hall–Kier alpha value is -0.740. The second-order valence-corrected chi connectivity index (χ2v) is 18.3. The van der Waals surface area contributed by atoms with Crippen LogP contribution in [0.25, 0.3) is 0 Å². The molecule has 288 valence electrons. The lowest BCUT2D eigenvalue weighted by Crippen LogP contribution is -2.68. The van der Waals surface area contributed by atoms with Crippen molar-refractivity contribution in [1.29, 1.82) is 0 Å². The zero-order valence-electron chi connectivity index (χ0n) is 33.1. The number of unbranched alkanes of at least 4 members (excludes halogenated alkanes) is 14. The van der Waals surface area contributed by atoms with Crippen molar-refractivity contribution in [2.45, 2.75) is 232 Å². The Labute approximate surface area is 309 Å². The Balaban J connectivity index is 0.913. The molecule has 4 nitrogen and oxygen atoms in total. The Morgan fingerprint density at radius 1 is 0.400 bits per heavy atom. The van der Waals surface area contributed by atoms with E-state index in [1.165, 1.54) is 154 Å². The van der Waals surface area contributed by atoms with Crippen molar-refractivity contribution in [2.24, 2.45) is 34.5 Å².